The Kier molecular flexibility index (Phi) is 7.46. The fraction of sp³-hybridized carbons (Fsp3) is 0.389. The molecule has 5 heteroatoms. The number of aryl methyl sites for hydroxylation is 2. The predicted octanol–water partition coefficient (Wildman–Crippen LogP) is 7.14. The average molecular weight is 549 g/mol. The zero-order chi connectivity index (χ0) is 28.6. The Labute approximate surface area is 242 Å². The molecule has 2 atom stereocenters. The number of carboxylic acid groups (broad SMARTS) is 1. The lowest BCUT2D eigenvalue weighted by atomic mass is 9.73. The summed E-state index contributed by atoms with van der Waals surface area (Å²) in [6.07, 6.45) is 11.2. The van der Waals surface area contributed by atoms with Gasteiger partial charge in [-0.1, -0.05) is 54.6 Å². The molecule has 4 aromatic rings. The molecule has 0 bridgehead atoms. The van der Waals surface area contributed by atoms with E-state index in [0.29, 0.717) is 6.42 Å². The van der Waals surface area contributed by atoms with Gasteiger partial charge in [-0.25, -0.2) is 4.79 Å². The Morgan fingerprint density at radius 3 is 2.12 bits per heavy atom. The van der Waals surface area contributed by atoms with E-state index in [2.05, 4.69) is 47.4 Å². The van der Waals surface area contributed by atoms with Gasteiger partial charge in [-0.15, -0.1) is 0 Å². The van der Waals surface area contributed by atoms with Crippen molar-refractivity contribution < 1.29 is 14.7 Å². The predicted molar refractivity (Wildman–Crippen MR) is 163 cm³/mol. The summed E-state index contributed by atoms with van der Waals surface area (Å²) in [6.45, 7) is 3.58. The fourth-order valence-electron chi connectivity index (χ4n) is 7.50. The number of carbonyl (C=O) groups is 2. The number of hydrogen-bond acceptors (Lipinski definition) is 2. The van der Waals surface area contributed by atoms with Crippen LogP contribution in [0.4, 0.5) is 0 Å². The zero-order valence-corrected chi connectivity index (χ0v) is 24.2. The standard InChI is InChI=1S/C36H40N2O3/c1-24(39)38(23-28-16-10-14-26-12-4-6-18-30(26)28)36(2,35(40)41)33(32-22-37-34-20-8-7-19-31(32)34)21-27-15-9-13-25-11-3-5-17-29(25)27/h7-10,13-16,19-20,22,33,37H,3-6,11-12,17-18,21,23H2,1-2H3,(H,40,41)/t33?,36-/m1/s1. The van der Waals surface area contributed by atoms with Gasteiger partial charge in [0.2, 0.25) is 5.91 Å². The smallest absolute Gasteiger partial charge is 0.330 e. The molecule has 5 nitrogen and oxygen atoms in total. The number of aromatic amines is 1. The molecule has 0 aliphatic heterocycles. The van der Waals surface area contributed by atoms with E-state index in [1.807, 2.05) is 24.4 Å². The quantitative estimate of drug-likeness (QED) is 0.246. The molecule has 3 aromatic carbocycles. The maximum atomic E-state index is 13.6. The van der Waals surface area contributed by atoms with Crippen LogP contribution in [0.2, 0.25) is 0 Å². The van der Waals surface area contributed by atoms with Gasteiger partial charge in [-0.3, -0.25) is 4.79 Å². The molecule has 0 radical (unpaired) electrons. The number of rotatable bonds is 8. The second kappa shape index (κ2) is 11.2. The van der Waals surface area contributed by atoms with E-state index in [1.165, 1.54) is 47.6 Å². The minimum Gasteiger partial charge on any atom is -0.479 e. The lowest BCUT2D eigenvalue weighted by Crippen LogP contribution is -2.58. The van der Waals surface area contributed by atoms with Crippen molar-refractivity contribution in [1.29, 1.82) is 0 Å². The third kappa shape index (κ3) is 4.96. The second-order valence-corrected chi connectivity index (χ2v) is 12.1. The maximum Gasteiger partial charge on any atom is 0.330 e. The van der Waals surface area contributed by atoms with Crippen molar-refractivity contribution >= 4 is 22.8 Å². The van der Waals surface area contributed by atoms with Crippen LogP contribution in [0.5, 0.6) is 0 Å². The lowest BCUT2D eigenvalue weighted by Gasteiger charge is -2.44. The molecule has 1 heterocycles. The van der Waals surface area contributed by atoms with Gasteiger partial charge in [-0.2, -0.15) is 0 Å². The van der Waals surface area contributed by atoms with E-state index >= 15 is 0 Å². The molecule has 2 aliphatic carbocycles. The van der Waals surface area contributed by atoms with Gasteiger partial charge in [0.15, 0.2) is 0 Å². The molecule has 0 spiro atoms. The Bertz CT molecular complexity index is 1600. The first-order valence-corrected chi connectivity index (χ1v) is 15.1. The molecule has 2 aliphatic rings. The van der Waals surface area contributed by atoms with Crippen molar-refractivity contribution in [3.05, 3.63) is 106 Å². The highest BCUT2D eigenvalue weighted by atomic mass is 16.4. The Balaban J connectivity index is 1.50. The van der Waals surface area contributed by atoms with Crippen LogP contribution in [0.1, 0.15) is 84.4 Å². The van der Waals surface area contributed by atoms with Gasteiger partial charge >= 0.3 is 5.97 Å². The van der Waals surface area contributed by atoms with Crippen molar-refractivity contribution in [2.45, 2.75) is 89.6 Å². The van der Waals surface area contributed by atoms with Crippen LogP contribution in [0.3, 0.4) is 0 Å². The van der Waals surface area contributed by atoms with E-state index in [4.69, 9.17) is 0 Å². The number of aliphatic carboxylic acids is 1. The van der Waals surface area contributed by atoms with Crippen LogP contribution < -0.4 is 0 Å². The van der Waals surface area contributed by atoms with E-state index in [9.17, 15) is 14.7 Å². The summed E-state index contributed by atoms with van der Waals surface area (Å²) in [5, 5.41) is 12.1. The average Bonchev–Trinajstić information content (AvgIpc) is 3.42. The number of nitrogens with one attached hydrogen (secondary N) is 1. The first-order chi connectivity index (χ1) is 19.9. The monoisotopic (exact) mass is 548 g/mol. The molecule has 1 aromatic heterocycles. The van der Waals surface area contributed by atoms with E-state index in [-0.39, 0.29) is 12.5 Å². The van der Waals surface area contributed by atoms with Crippen molar-refractivity contribution in [3.8, 4) is 0 Å². The van der Waals surface area contributed by atoms with Gasteiger partial charge in [0.1, 0.15) is 5.54 Å². The molecule has 0 saturated heterocycles. The highest BCUT2D eigenvalue weighted by molar-refractivity contribution is 5.90. The Morgan fingerprint density at radius 2 is 1.46 bits per heavy atom. The number of amides is 1. The number of nitrogens with zero attached hydrogens (tertiary/aromatic N) is 1. The van der Waals surface area contributed by atoms with Crippen LogP contribution in [-0.2, 0) is 48.2 Å². The van der Waals surface area contributed by atoms with Crippen molar-refractivity contribution in [2.75, 3.05) is 0 Å². The van der Waals surface area contributed by atoms with Gasteiger partial charge in [0, 0.05) is 36.5 Å². The van der Waals surface area contributed by atoms with Gasteiger partial charge < -0.3 is 15.0 Å². The second-order valence-electron chi connectivity index (χ2n) is 12.1. The summed E-state index contributed by atoms with van der Waals surface area (Å²) < 4.78 is 0. The molecule has 1 unspecified atom stereocenters. The van der Waals surface area contributed by atoms with Crippen LogP contribution in [0, 0.1) is 0 Å². The normalized spacial score (nSPS) is 16.8. The number of benzene rings is 3. The summed E-state index contributed by atoms with van der Waals surface area (Å²) in [6, 6.07) is 20.9. The third-order valence-corrected chi connectivity index (χ3v) is 9.79. The number of carbonyl (C=O) groups excluding carboxylic acids is 1. The van der Waals surface area contributed by atoms with Gasteiger partial charge in [0.25, 0.3) is 0 Å². The Morgan fingerprint density at radius 1 is 0.854 bits per heavy atom. The number of para-hydroxylation sites is 1. The first-order valence-electron chi connectivity index (χ1n) is 15.1. The van der Waals surface area contributed by atoms with Crippen LogP contribution in [0.15, 0.2) is 66.9 Å². The van der Waals surface area contributed by atoms with Gasteiger partial charge in [0.05, 0.1) is 0 Å². The zero-order valence-electron chi connectivity index (χ0n) is 24.2. The molecule has 0 saturated carbocycles. The van der Waals surface area contributed by atoms with E-state index in [0.717, 1.165) is 60.6 Å². The summed E-state index contributed by atoms with van der Waals surface area (Å²) in [7, 11) is 0. The summed E-state index contributed by atoms with van der Waals surface area (Å²) in [4.78, 5) is 32.2. The van der Waals surface area contributed by atoms with E-state index < -0.39 is 17.4 Å². The number of carboxylic acids is 1. The van der Waals surface area contributed by atoms with Crippen molar-refractivity contribution in [2.24, 2.45) is 0 Å². The molecular weight excluding hydrogens is 508 g/mol. The molecule has 6 rings (SSSR count). The van der Waals surface area contributed by atoms with Crippen LogP contribution in [0.25, 0.3) is 10.9 Å². The third-order valence-electron chi connectivity index (χ3n) is 9.79. The molecule has 212 valence electrons. The van der Waals surface area contributed by atoms with Crippen LogP contribution in [-0.4, -0.2) is 32.4 Å². The van der Waals surface area contributed by atoms with E-state index in [1.54, 1.807) is 11.8 Å². The first kappa shape index (κ1) is 27.3. The summed E-state index contributed by atoms with van der Waals surface area (Å²) in [5.74, 6) is -1.66. The number of H-pyrrole nitrogens is 1. The highest BCUT2D eigenvalue weighted by Gasteiger charge is 2.49. The molecular formula is C36H40N2O3. The van der Waals surface area contributed by atoms with Gasteiger partial charge in [-0.05, 0) is 110 Å². The minimum absolute atomic E-state index is 0.219. The Hall–Kier alpha value is -3.86. The minimum atomic E-state index is -1.48. The number of hydrogen-bond donors (Lipinski definition) is 2. The number of fused-ring (bicyclic) bond motifs is 3. The maximum absolute atomic E-state index is 13.6. The van der Waals surface area contributed by atoms with Crippen molar-refractivity contribution in [3.63, 3.8) is 0 Å². The fourth-order valence-corrected chi connectivity index (χ4v) is 7.50. The summed E-state index contributed by atoms with van der Waals surface area (Å²) >= 11 is 0. The van der Waals surface area contributed by atoms with Crippen LogP contribution >= 0.6 is 0 Å². The lowest BCUT2D eigenvalue weighted by molar-refractivity contribution is -0.160. The summed E-state index contributed by atoms with van der Waals surface area (Å²) in [5.41, 5.74) is 8.07. The molecule has 0 fully saturated rings. The molecule has 41 heavy (non-hydrogen) atoms. The largest absolute Gasteiger partial charge is 0.479 e. The molecule has 2 N–H and O–H groups in total. The SMILES string of the molecule is CC(=O)N(Cc1cccc2c1CCCC2)[C@@](C)(C(=O)O)C(Cc1cccc2c1CCCC2)c1c[nH]c2ccccc12. The highest BCUT2D eigenvalue weighted by Crippen LogP contribution is 2.42. The number of aromatic nitrogens is 1. The van der Waals surface area contributed by atoms with Crippen molar-refractivity contribution in [1.82, 2.24) is 9.88 Å². The molecule has 1 amide bonds. The topological polar surface area (TPSA) is 73.4 Å².